The van der Waals surface area contributed by atoms with Crippen molar-refractivity contribution in [3.63, 3.8) is 0 Å². The first-order valence-electron chi connectivity index (χ1n) is 10.5. The predicted molar refractivity (Wildman–Crippen MR) is 107 cm³/mol. The van der Waals surface area contributed by atoms with Gasteiger partial charge in [0.2, 0.25) is 0 Å². The Morgan fingerprint density at radius 1 is 1.39 bits per heavy atom. The average Bonchev–Trinajstić information content (AvgIpc) is 2.98. The molecule has 1 saturated heterocycles. The number of piperidine rings is 1. The Labute approximate surface area is 167 Å². The highest BCUT2D eigenvalue weighted by Gasteiger charge is 2.62. The summed E-state index contributed by atoms with van der Waals surface area (Å²) < 4.78 is 11.0. The van der Waals surface area contributed by atoms with Crippen LogP contribution < -0.4 is 5.32 Å². The smallest absolute Gasteiger partial charge is 0.323 e. The number of carbonyl (C=O) groups excluding carboxylic acids is 1. The molecule has 0 aromatic rings. The number of esters is 1. The molecule has 1 N–H and O–H groups in total. The van der Waals surface area contributed by atoms with Crippen molar-refractivity contribution in [1.82, 2.24) is 10.2 Å². The fraction of sp³-hybridized carbons (Fsp3) is 0.609. The van der Waals surface area contributed by atoms with E-state index in [1.807, 2.05) is 0 Å². The van der Waals surface area contributed by atoms with E-state index in [4.69, 9.17) is 9.47 Å². The standard InChI is InChI=1S/C23H30N2O3/c1-5-15-10-14-12-23(21(26)28-4)19-17(7-9-25(13-14)20(15)23)18-11-16(27-3)6-8-22(18,2)24-19/h6,11-12,15,20,24H,5,7-10,13H2,1-4H3. The summed E-state index contributed by atoms with van der Waals surface area (Å²) in [6, 6.07) is 0.168. The van der Waals surface area contributed by atoms with Crippen LogP contribution in [0, 0.1) is 11.3 Å². The summed E-state index contributed by atoms with van der Waals surface area (Å²) in [6.07, 6.45) is 10.6. The van der Waals surface area contributed by atoms with Gasteiger partial charge in [0.15, 0.2) is 0 Å². The van der Waals surface area contributed by atoms with Crippen LogP contribution in [0.4, 0.5) is 0 Å². The lowest BCUT2D eigenvalue weighted by Crippen LogP contribution is -2.63. The minimum absolute atomic E-state index is 0.123. The van der Waals surface area contributed by atoms with E-state index in [0.717, 1.165) is 50.2 Å². The molecule has 5 atom stereocenters. The second-order valence-corrected chi connectivity index (χ2v) is 9.08. The maximum Gasteiger partial charge on any atom is 0.323 e. The molecule has 0 saturated carbocycles. The summed E-state index contributed by atoms with van der Waals surface area (Å²) in [4.78, 5) is 16.0. The van der Waals surface area contributed by atoms with E-state index in [2.05, 4.69) is 42.3 Å². The molecule has 28 heavy (non-hydrogen) atoms. The third kappa shape index (κ3) is 2.14. The molecular formula is C23H30N2O3. The van der Waals surface area contributed by atoms with Gasteiger partial charge in [-0.2, -0.15) is 0 Å². The molecule has 2 aliphatic carbocycles. The number of ether oxygens (including phenoxy) is 2. The van der Waals surface area contributed by atoms with Crippen LogP contribution in [0.3, 0.4) is 0 Å². The van der Waals surface area contributed by atoms with Gasteiger partial charge in [0.1, 0.15) is 11.2 Å². The largest absolute Gasteiger partial charge is 0.497 e. The normalized spacial score (nSPS) is 40.4. The minimum Gasteiger partial charge on any atom is -0.497 e. The maximum atomic E-state index is 13.5. The lowest BCUT2D eigenvalue weighted by molar-refractivity contribution is -0.154. The van der Waals surface area contributed by atoms with Crippen molar-refractivity contribution in [2.75, 3.05) is 27.3 Å². The van der Waals surface area contributed by atoms with Crippen LogP contribution in [0.5, 0.6) is 0 Å². The Morgan fingerprint density at radius 3 is 2.93 bits per heavy atom. The van der Waals surface area contributed by atoms with Crippen LogP contribution in [0.1, 0.15) is 39.5 Å². The maximum absolute atomic E-state index is 13.5. The highest BCUT2D eigenvalue weighted by Crippen LogP contribution is 2.57. The highest BCUT2D eigenvalue weighted by atomic mass is 16.5. The van der Waals surface area contributed by atoms with Gasteiger partial charge in [-0.1, -0.05) is 25.0 Å². The van der Waals surface area contributed by atoms with Gasteiger partial charge < -0.3 is 14.8 Å². The number of rotatable bonds is 3. The molecule has 4 heterocycles. The summed E-state index contributed by atoms with van der Waals surface area (Å²) in [5.41, 5.74) is 4.13. The van der Waals surface area contributed by atoms with Gasteiger partial charge in [-0.15, -0.1) is 0 Å². The Bertz CT molecular complexity index is 863. The molecule has 0 aromatic carbocycles. The van der Waals surface area contributed by atoms with Crippen LogP contribution >= 0.6 is 0 Å². The summed E-state index contributed by atoms with van der Waals surface area (Å²) in [7, 11) is 3.25. The topological polar surface area (TPSA) is 50.8 Å². The second kappa shape index (κ2) is 5.99. The number of fused-ring (bicyclic) bond motifs is 3. The Kier molecular flexibility index (Phi) is 3.86. The van der Waals surface area contributed by atoms with Gasteiger partial charge in [-0.3, -0.25) is 9.69 Å². The van der Waals surface area contributed by atoms with Crippen molar-refractivity contribution in [2.45, 2.75) is 51.1 Å². The Balaban J connectivity index is 1.74. The van der Waals surface area contributed by atoms with E-state index in [0.29, 0.717) is 5.92 Å². The lowest BCUT2D eigenvalue weighted by atomic mass is 9.61. The molecule has 0 amide bonds. The van der Waals surface area contributed by atoms with E-state index in [1.165, 1.54) is 23.8 Å². The van der Waals surface area contributed by atoms with Crippen LogP contribution in [-0.4, -0.2) is 49.8 Å². The highest BCUT2D eigenvalue weighted by molar-refractivity contribution is 5.87. The molecule has 6 aliphatic rings. The summed E-state index contributed by atoms with van der Waals surface area (Å²) in [5, 5.41) is 3.84. The summed E-state index contributed by atoms with van der Waals surface area (Å²) in [5.74, 6) is 1.27. The molecule has 0 spiro atoms. The zero-order valence-corrected chi connectivity index (χ0v) is 17.3. The molecule has 4 bridgehead atoms. The van der Waals surface area contributed by atoms with Crippen molar-refractivity contribution >= 4 is 5.97 Å². The molecule has 6 rings (SSSR count). The van der Waals surface area contributed by atoms with E-state index in [9.17, 15) is 4.79 Å². The second-order valence-electron chi connectivity index (χ2n) is 9.08. The summed E-state index contributed by atoms with van der Waals surface area (Å²) in [6.45, 7) is 6.46. The number of carbonyl (C=O) groups is 1. The zero-order chi connectivity index (χ0) is 19.7. The first-order chi connectivity index (χ1) is 13.5. The van der Waals surface area contributed by atoms with E-state index in [-0.39, 0.29) is 17.6 Å². The van der Waals surface area contributed by atoms with Crippen molar-refractivity contribution < 1.29 is 14.3 Å². The van der Waals surface area contributed by atoms with Crippen molar-refractivity contribution in [3.05, 3.63) is 46.4 Å². The summed E-state index contributed by atoms with van der Waals surface area (Å²) >= 11 is 0. The quantitative estimate of drug-likeness (QED) is 0.601. The number of nitrogens with one attached hydrogen (secondary N) is 1. The SMILES string of the molecule is CCC1CC2=CC3(C(=O)OC)C4=C(CCN(C2)C13)C1=CC(OC)=CCC1(C)N4. The molecule has 0 aromatic heterocycles. The first kappa shape index (κ1) is 18.0. The van der Waals surface area contributed by atoms with Gasteiger partial charge in [-0.05, 0) is 55.4 Å². The van der Waals surface area contributed by atoms with Gasteiger partial charge in [-0.25, -0.2) is 0 Å². The Hall–Kier alpha value is -2.01. The fourth-order valence-corrected chi connectivity index (χ4v) is 6.41. The van der Waals surface area contributed by atoms with Gasteiger partial charge >= 0.3 is 5.97 Å². The molecule has 5 unspecified atom stereocenters. The van der Waals surface area contributed by atoms with Crippen LogP contribution in [0.2, 0.25) is 0 Å². The monoisotopic (exact) mass is 382 g/mol. The predicted octanol–water partition coefficient (Wildman–Crippen LogP) is 3.07. The zero-order valence-electron chi connectivity index (χ0n) is 17.3. The van der Waals surface area contributed by atoms with Gasteiger partial charge in [0.25, 0.3) is 0 Å². The number of hydrogen-bond donors (Lipinski definition) is 1. The lowest BCUT2D eigenvalue weighted by Gasteiger charge is -2.54. The molecule has 5 heteroatoms. The third-order valence-electron chi connectivity index (χ3n) is 7.64. The first-order valence-corrected chi connectivity index (χ1v) is 10.5. The molecule has 150 valence electrons. The van der Waals surface area contributed by atoms with Crippen molar-refractivity contribution in [2.24, 2.45) is 11.3 Å². The third-order valence-corrected chi connectivity index (χ3v) is 7.64. The van der Waals surface area contributed by atoms with Crippen molar-refractivity contribution in [3.8, 4) is 0 Å². The number of allylic oxidation sites excluding steroid dienone is 1. The van der Waals surface area contributed by atoms with Crippen LogP contribution in [-0.2, 0) is 14.3 Å². The Morgan fingerprint density at radius 2 is 2.21 bits per heavy atom. The fourth-order valence-electron chi connectivity index (χ4n) is 6.41. The molecule has 4 aliphatic heterocycles. The van der Waals surface area contributed by atoms with Crippen molar-refractivity contribution in [1.29, 1.82) is 0 Å². The van der Waals surface area contributed by atoms with E-state index in [1.54, 1.807) is 7.11 Å². The number of hydrogen-bond acceptors (Lipinski definition) is 5. The van der Waals surface area contributed by atoms with E-state index >= 15 is 0 Å². The van der Waals surface area contributed by atoms with E-state index < -0.39 is 5.41 Å². The molecule has 5 nitrogen and oxygen atoms in total. The van der Waals surface area contributed by atoms with Crippen LogP contribution in [0.25, 0.3) is 0 Å². The molecular weight excluding hydrogens is 352 g/mol. The molecule has 0 radical (unpaired) electrons. The van der Waals surface area contributed by atoms with Gasteiger partial charge in [0.05, 0.1) is 19.8 Å². The van der Waals surface area contributed by atoms with Crippen LogP contribution in [0.15, 0.2) is 46.4 Å². The number of nitrogens with zero attached hydrogens (tertiary/aromatic N) is 1. The number of methoxy groups -OCH3 is 2. The van der Waals surface area contributed by atoms with Gasteiger partial charge in [0, 0.05) is 24.8 Å². The minimum atomic E-state index is -0.721. The average molecular weight is 383 g/mol. The molecule has 1 fully saturated rings.